The van der Waals surface area contributed by atoms with Gasteiger partial charge in [0.2, 0.25) is 5.91 Å². The maximum absolute atomic E-state index is 12.5. The van der Waals surface area contributed by atoms with Crippen molar-refractivity contribution in [3.8, 4) is 11.3 Å². The molecular weight excluding hydrogens is 352 g/mol. The minimum atomic E-state index is 0.0644. The van der Waals surface area contributed by atoms with Gasteiger partial charge in [-0.2, -0.15) is 0 Å². The highest BCUT2D eigenvalue weighted by molar-refractivity contribution is 7.14. The third-order valence-electron chi connectivity index (χ3n) is 5.48. The third-order valence-corrected chi connectivity index (χ3v) is 6.23. The molecule has 27 heavy (non-hydrogen) atoms. The van der Waals surface area contributed by atoms with Crippen LogP contribution in [0.5, 0.6) is 0 Å². The average Bonchev–Trinajstić information content (AvgIpc) is 3.40. The Morgan fingerprint density at radius 3 is 2.63 bits per heavy atom. The quantitative estimate of drug-likeness (QED) is 0.567. The number of rotatable bonds is 6. The van der Waals surface area contributed by atoms with E-state index in [4.69, 9.17) is 0 Å². The first-order chi connectivity index (χ1) is 13.2. The second kappa shape index (κ2) is 7.65. The van der Waals surface area contributed by atoms with Crippen molar-refractivity contribution in [2.24, 2.45) is 5.92 Å². The molecule has 138 valence electrons. The molecule has 1 heterocycles. The summed E-state index contributed by atoms with van der Waals surface area (Å²) in [4.78, 5) is 17.1. The molecule has 3 aromatic rings. The van der Waals surface area contributed by atoms with Gasteiger partial charge in [-0.1, -0.05) is 68.4 Å². The number of nitrogens with zero attached hydrogens (tertiary/aromatic N) is 1. The van der Waals surface area contributed by atoms with E-state index in [0.717, 1.165) is 24.1 Å². The summed E-state index contributed by atoms with van der Waals surface area (Å²) in [5.41, 5.74) is 4.61. The lowest BCUT2D eigenvalue weighted by Crippen LogP contribution is -2.14. The monoisotopic (exact) mass is 376 g/mol. The van der Waals surface area contributed by atoms with Gasteiger partial charge in [0.25, 0.3) is 0 Å². The van der Waals surface area contributed by atoms with E-state index in [2.05, 4.69) is 60.5 Å². The fraction of sp³-hybridized carbons (Fsp3) is 0.304. The number of nitrogens with one attached hydrogen (secondary N) is 1. The zero-order chi connectivity index (χ0) is 18.8. The van der Waals surface area contributed by atoms with E-state index in [9.17, 15) is 4.79 Å². The Kier molecular flexibility index (Phi) is 5.08. The maximum atomic E-state index is 12.5. The fourth-order valence-electron chi connectivity index (χ4n) is 3.43. The summed E-state index contributed by atoms with van der Waals surface area (Å²) in [6, 6.07) is 18.9. The first kappa shape index (κ1) is 17.9. The Morgan fingerprint density at radius 2 is 1.93 bits per heavy atom. The molecule has 1 saturated carbocycles. The number of thiazole rings is 1. The highest BCUT2D eigenvalue weighted by atomic mass is 32.1. The van der Waals surface area contributed by atoms with Gasteiger partial charge in [-0.25, -0.2) is 4.98 Å². The number of anilines is 1. The van der Waals surface area contributed by atoms with E-state index in [-0.39, 0.29) is 11.8 Å². The van der Waals surface area contributed by atoms with Gasteiger partial charge < -0.3 is 5.32 Å². The number of hydrogen-bond donors (Lipinski definition) is 1. The molecule has 2 aromatic carbocycles. The van der Waals surface area contributed by atoms with Gasteiger partial charge in [0.1, 0.15) is 0 Å². The molecule has 0 spiro atoms. The molecule has 1 amide bonds. The molecule has 0 saturated heterocycles. The van der Waals surface area contributed by atoms with Crippen molar-refractivity contribution in [3.63, 3.8) is 0 Å². The number of carbonyl (C=O) groups is 1. The average molecular weight is 377 g/mol. The van der Waals surface area contributed by atoms with Crippen molar-refractivity contribution in [2.75, 3.05) is 5.32 Å². The van der Waals surface area contributed by atoms with E-state index >= 15 is 0 Å². The number of carbonyl (C=O) groups excluding carboxylic acids is 1. The highest BCUT2D eigenvalue weighted by Gasteiger charge is 2.44. The minimum absolute atomic E-state index is 0.0644. The molecule has 1 fully saturated rings. The Labute approximate surface area is 164 Å². The lowest BCUT2D eigenvalue weighted by Gasteiger charge is -2.08. The predicted octanol–water partition coefficient (Wildman–Crippen LogP) is 6.07. The Morgan fingerprint density at radius 1 is 1.19 bits per heavy atom. The molecule has 1 aromatic heterocycles. The van der Waals surface area contributed by atoms with E-state index in [1.807, 2.05) is 23.6 Å². The van der Waals surface area contributed by atoms with E-state index in [1.54, 1.807) is 0 Å². The second-order valence-corrected chi connectivity index (χ2v) is 8.18. The molecular formula is C23H24N2OS. The Bertz CT molecular complexity index is 917. The summed E-state index contributed by atoms with van der Waals surface area (Å²) in [6.45, 7) is 4.45. The molecule has 1 aliphatic rings. The van der Waals surface area contributed by atoms with Crippen LogP contribution in [-0.2, 0) is 4.79 Å². The standard InChI is InChI=1S/C23H24N2OS/c1-3-15(2)16-9-11-18(12-10-16)21-14-27-23(24-21)25-22(26)20-13-19(20)17-7-5-4-6-8-17/h4-12,14-15,19-20H,3,13H2,1-2H3,(H,24,25,26). The number of benzene rings is 2. The highest BCUT2D eigenvalue weighted by Crippen LogP contribution is 2.48. The van der Waals surface area contributed by atoms with Crippen LogP contribution in [0.2, 0.25) is 0 Å². The minimum Gasteiger partial charge on any atom is -0.302 e. The Balaban J connectivity index is 1.39. The van der Waals surface area contributed by atoms with Crippen molar-refractivity contribution in [3.05, 3.63) is 71.1 Å². The SMILES string of the molecule is CCC(C)c1ccc(-c2csc(NC(=O)C3CC3c3ccccc3)n2)cc1. The lowest BCUT2D eigenvalue weighted by atomic mass is 9.97. The van der Waals surface area contributed by atoms with Crippen molar-refractivity contribution in [2.45, 2.75) is 38.5 Å². The molecule has 1 aliphatic carbocycles. The first-order valence-corrected chi connectivity index (χ1v) is 10.5. The Hall–Kier alpha value is -2.46. The molecule has 0 radical (unpaired) electrons. The van der Waals surface area contributed by atoms with Crippen LogP contribution in [0.3, 0.4) is 0 Å². The van der Waals surface area contributed by atoms with Crippen LogP contribution in [0.15, 0.2) is 60.0 Å². The predicted molar refractivity (Wildman–Crippen MR) is 112 cm³/mol. The van der Waals surface area contributed by atoms with Crippen molar-refractivity contribution >= 4 is 22.4 Å². The van der Waals surface area contributed by atoms with Crippen molar-refractivity contribution in [1.82, 2.24) is 4.98 Å². The zero-order valence-corrected chi connectivity index (χ0v) is 16.5. The van der Waals surface area contributed by atoms with Gasteiger partial charge in [-0.15, -0.1) is 11.3 Å². The van der Waals surface area contributed by atoms with Gasteiger partial charge in [0.15, 0.2) is 5.13 Å². The van der Waals surface area contributed by atoms with Gasteiger partial charge in [0, 0.05) is 16.9 Å². The summed E-state index contributed by atoms with van der Waals surface area (Å²) >= 11 is 1.49. The van der Waals surface area contributed by atoms with Crippen LogP contribution in [0.1, 0.15) is 49.7 Å². The largest absolute Gasteiger partial charge is 0.302 e. The van der Waals surface area contributed by atoms with Crippen LogP contribution < -0.4 is 5.32 Å². The van der Waals surface area contributed by atoms with Crippen LogP contribution in [0.25, 0.3) is 11.3 Å². The fourth-order valence-corrected chi connectivity index (χ4v) is 4.16. The second-order valence-electron chi connectivity index (χ2n) is 7.32. The summed E-state index contributed by atoms with van der Waals surface area (Å²) in [6.07, 6.45) is 2.06. The summed E-state index contributed by atoms with van der Waals surface area (Å²) < 4.78 is 0. The number of hydrogen-bond acceptors (Lipinski definition) is 3. The van der Waals surface area contributed by atoms with Crippen molar-refractivity contribution < 1.29 is 4.79 Å². The molecule has 4 heteroatoms. The van der Waals surface area contributed by atoms with Crippen molar-refractivity contribution in [1.29, 1.82) is 0 Å². The number of aromatic nitrogens is 1. The van der Waals surface area contributed by atoms with Crippen LogP contribution in [0, 0.1) is 5.92 Å². The van der Waals surface area contributed by atoms with Crippen LogP contribution >= 0.6 is 11.3 Å². The summed E-state index contributed by atoms with van der Waals surface area (Å²) in [5.74, 6) is 1.06. The molecule has 3 atom stereocenters. The molecule has 0 aliphatic heterocycles. The van der Waals surface area contributed by atoms with E-state index in [1.165, 1.54) is 22.5 Å². The molecule has 3 unspecified atom stereocenters. The smallest absolute Gasteiger partial charge is 0.229 e. The van der Waals surface area contributed by atoms with Gasteiger partial charge in [0.05, 0.1) is 5.69 Å². The summed E-state index contributed by atoms with van der Waals surface area (Å²) in [7, 11) is 0. The first-order valence-electron chi connectivity index (χ1n) is 9.57. The van der Waals surface area contributed by atoms with E-state index < -0.39 is 0 Å². The van der Waals surface area contributed by atoms with Gasteiger partial charge in [-0.05, 0) is 35.8 Å². The van der Waals surface area contributed by atoms with Crippen LogP contribution in [0.4, 0.5) is 5.13 Å². The molecule has 4 rings (SSSR count). The normalized spacial score (nSPS) is 19.5. The van der Waals surface area contributed by atoms with Gasteiger partial charge >= 0.3 is 0 Å². The topological polar surface area (TPSA) is 42.0 Å². The molecule has 0 bridgehead atoms. The summed E-state index contributed by atoms with van der Waals surface area (Å²) in [5, 5.41) is 5.69. The number of amides is 1. The van der Waals surface area contributed by atoms with Gasteiger partial charge in [-0.3, -0.25) is 4.79 Å². The van der Waals surface area contributed by atoms with Crippen LogP contribution in [-0.4, -0.2) is 10.9 Å². The maximum Gasteiger partial charge on any atom is 0.229 e. The lowest BCUT2D eigenvalue weighted by molar-refractivity contribution is -0.117. The molecule has 1 N–H and O–H groups in total. The zero-order valence-electron chi connectivity index (χ0n) is 15.7. The molecule has 3 nitrogen and oxygen atoms in total. The third kappa shape index (κ3) is 3.96. The van der Waals surface area contributed by atoms with E-state index in [0.29, 0.717) is 17.0 Å².